The van der Waals surface area contributed by atoms with Crippen LogP contribution in [-0.4, -0.2) is 12.0 Å². The maximum absolute atomic E-state index is 9.40. The van der Waals surface area contributed by atoms with Crippen LogP contribution in [0.4, 0.5) is 0 Å². The van der Waals surface area contributed by atoms with Gasteiger partial charge in [0.1, 0.15) is 0 Å². The Morgan fingerprint density at radius 2 is 2.33 bits per heavy atom. The molecule has 0 fully saturated rings. The molecule has 0 aromatic carbocycles. The van der Waals surface area contributed by atoms with Crippen molar-refractivity contribution >= 4 is 8.25 Å². The molecule has 0 amide bonds. The van der Waals surface area contributed by atoms with Crippen molar-refractivity contribution in [1.29, 1.82) is 0 Å². The Labute approximate surface area is 35.6 Å². The zero-order valence-corrected chi connectivity index (χ0v) is 4.01. The first-order chi connectivity index (χ1) is 2.77. The van der Waals surface area contributed by atoms with E-state index in [-0.39, 0.29) is 0 Å². The molecule has 5 heteroatoms. The van der Waals surface area contributed by atoms with Gasteiger partial charge in [-0.05, 0) is 0 Å². The van der Waals surface area contributed by atoms with Gasteiger partial charge in [-0.2, -0.15) is 0 Å². The summed E-state index contributed by atoms with van der Waals surface area (Å²) in [6.07, 6.45) is 0. The third kappa shape index (κ3) is 3.98. The average molecular weight is 111 g/mol. The predicted molar refractivity (Wildman–Crippen MR) is 17.9 cm³/mol. The van der Waals surface area contributed by atoms with Crippen molar-refractivity contribution in [2.24, 2.45) is 0 Å². The Hall–Kier alpha value is -0.0200. The zero-order valence-electron chi connectivity index (χ0n) is 3.12. The number of rotatable bonds is 2. The normalized spacial score (nSPS) is 11.3. The van der Waals surface area contributed by atoms with Crippen molar-refractivity contribution in [3.63, 3.8) is 0 Å². The van der Waals surface area contributed by atoms with Crippen molar-refractivity contribution in [2.75, 3.05) is 7.11 Å². The lowest BCUT2D eigenvalue weighted by Gasteiger charge is -1.83. The van der Waals surface area contributed by atoms with E-state index in [9.17, 15) is 4.57 Å². The summed E-state index contributed by atoms with van der Waals surface area (Å²) in [5.41, 5.74) is 0. The molecule has 1 unspecified atom stereocenters. The Morgan fingerprint density at radius 3 is 2.33 bits per heavy atom. The minimum absolute atomic E-state index is 1.16. The van der Waals surface area contributed by atoms with Crippen LogP contribution in [0, 0.1) is 0 Å². The highest BCUT2D eigenvalue weighted by Crippen LogP contribution is 2.12. The highest BCUT2D eigenvalue weighted by Gasteiger charge is 1.86. The fourth-order valence-electron chi connectivity index (χ4n) is 0.0638. The van der Waals surface area contributed by atoms with E-state index in [1.165, 1.54) is 0 Å². The fourth-order valence-corrected chi connectivity index (χ4v) is 0.191. The van der Waals surface area contributed by atoms with Gasteiger partial charge in [-0.1, -0.05) is 0 Å². The Kier molecular flexibility index (Phi) is 3.17. The highest BCUT2D eigenvalue weighted by molar-refractivity contribution is 7.31. The second kappa shape index (κ2) is 3.18. The topological polar surface area (TPSA) is 55.8 Å². The summed E-state index contributed by atoms with van der Waals surface area (Å²) in [6, 6.07) is 0. The first kappa shape index (κ1) is 5.98. The Morgan fingerprint density at radius 1 is 1.83 bits per heavy atom. The van der Waals surface area contributed by atoms with Crippen LogP contribution in [0.5, 0.6) is 0 Å². The van der Waals surface area contributed by atoms with Crippen LogP contribution >= 0.6 is 8.25 Å². The molecular weight excluding hydrogens is 107 g/mol. The molecule has 1 radical (unpaired) electrons. The van der Waals surface area contributed by atoms with Gasteiger partial charge < -0.3 is 0 Å². The molecule has 0 spiro atoms. The minimum Gasteiger partial charge on any atom is -0.297 e. The lowest BCUT2D eigenvalue weighted by Crippen LogP contribution is -1.72. The summed E-state index contributed by atoms with van der Waals surface area (Å²) in [4.78, 5) is 11.5. The van der Waals surface area contributed by atoms with Gasteiger partial charge in [-0.15, -0.1) is 4.67 Å². The van der Waals surface area contributed by atoms with Gasteiger partial charge in [-0.3, -0.25) is 4.89 Å². The molecule has 6 heavy (non-hydrogen) atoms. The minimum atomic E-state index is -2.57. The number of hydrogen-bond acceptors (Lipinski definition) is 3. The second-order valence-electron chi connectivity index (χ2n) is 0.479. The first-order valence-corrected chi connectivity index (χ1v) is 2.27. The third-order valence-corrected chi connectivity index (χ3v) is 0.415. The molecule has 0 aliphatic rings. The van der Waals surface area contributed by atoms with Gasteiger partial charge in [0.15, 0.2) is 0 Å². The monoisotopic (exact) mass is 111 g/mol. The van der Waals surface area contributed by atoms with Crippen molar-refractivity contribution in [1.82, 2.24) is 0 Å². The van der Waals surface area contributed by atoms with E-state index in [2.05, 4.69) is 9.56 Å². The van der Waals surface area contributed by atoms with Gasteiger partial charge in [0.25, 0.3) is 0 Å². The van der Waals surface area contributed by atoms with E-state index >= 15 is 0 Å². The van der Waals surface area contributed by atoms with E-state index in [1.807, 2.05) is 0 Å². The van der Waals surface area contributed by atoms with E-state index < -0.39 is 8.25 Å². The molecule has 0 aliphatic heterocycles. The van der Waals surface area contributed by atoms with Crippen molar-refractivity contribution in [2.45, 2.75) is 0 Å². The van der Waals surface area contributed by atoms with Gasteiger partial charge in [0.2, 0.25) is 0 Å². The third-order valence-electron chi connectivity index (χ3n) is 0.138. The van der Waals surface area contributed by atoms with Crippen LogP contribution in [0.15, 0.2) is 0 Å². The van der Waals surface area contributed by atoms with Crippen LogP contribution in [0.3, 0.4) is 0 Å². The van der Waals surface area contributed by atoms with Gasteiger partial charge in [0, 0.05) is 0 Å². The van der Waals surface area contributed by atoms with Gasteiger partial charge >= 0.3 is 8.25 Å². The summed E-state index contributed by atoms with van der Waals surface area (Å²) in [5, 5.41) is 0. The maximum Gasteiger partial charge on any atom is 0.395 e. The van der Waals surface area contributed by atoms with E-state index in [0.717, 1.165) is 7.11 Å². The molecule has 0 saturated heterocycles. The van der Waals surface area contributed by atoms with E-state index in [4.69, 9.17) is 4.89 Å². The summed E-state index contributed by atoms with van der Waals surface area (Å²) in [7, 11) is -1.42. The van der Waals surface area contributed by atoms with Crippen LogP contribution in [-0.2, 0) is 14.1 Å². The van der Waals surface area contributed by atoms with Crippen LogP contribution < -0.4 is 0 Å². The number of hydrogen-bond donors (Lipinski definition) is 1. The SMILES string of the molecule is COO[P](=O)O. The molecule has 1 N–H and O–H groups in total. The fraction of sp³-hybridized carbons (Fsp3) is 1.00. The smallest absolute Gasteiger partial charge is 0.297 e. The van der Waals surface area contributed by atoms with Crippen LogP contribution in [0.25, 0.3) is 0 Å². The van der Waals surface area contributed by atoms with Gasteiger partial charge in [-0.25, -0.2) is 9.45 Å². The largest absolute Gasteiger partial charge is 0.395 e. The summed E-state index contributed by atoms with van der Waals surface area (Å²) >= 11 is 0. The van der Waals surface area contributed by atoms with Crippen LogP contribution in [0.1, 0.15) is 0 Å². The highest BCUT2D eigenvalue weighted by atomic mass is 31.1. The molecule has 0 aromatic heterocycles. The molecule has 1 atom stereocenters. The predicted octanol–water partition coefficient (Wildman–Crippen LogP) is 0.214. The molecule has 0 rings (SSSR count). The van der Waals surface area contributed by atoms with E-state index in [1.54, 1.807) is 0 Å². The lowest BCUT2D eigenvalue weighted by atomic mass is 11.8. The second-order valence-corrected chi connectivity index (χ2v) is 1.10. The Balaban J connectivity index is 2.83. The molecular formula is CH4O4P. The molecule has 0 heterocycles. The average Bonchev–Trinajstić information content (AvgIpc) is 1.35. The molecule has 0 bridgehead atoms. The van der Waals surface area contributed by atoms with Crippen molar-refractivity contribution < 1.29 is 19.0 Å². The molecule has 0 saturated carbocycles. The Bertz CT molecular complexity index is 51.5. The summed E-state index contributed by atoms with van der Waals surface area (Å²) in [6.45, 7) is 0. The first-order valence-electron chi connectivity index (χ1n) is 1.14. The summed E-state index contributed by atoms with van der Waals surface area (Å²) < 4.78 is 13.0. The molecule has 0 aromatic rings. The van der Waals surface area contributed by atoms with Crippen molar-refractivity contribution in [3.8, 4) is 0 Å². The molecule has 0 aliphatic carbocycles. The lowest BCUT2D eigenvalue weighted by molar-refractivity contribution is -0.179. The quantitative estimate of drug-likeness (QED) is 0.314. The van der Waals surface area contributed by atoms with Crippen LogP contribution in [0.2, 0.25) is 0 Å². The maximum atomic E-state index is 9.40. The van der Waals surface area contributed by atoms with Crippen molar-refractivity contribution in [3.05, 3.63) is 0 Å². The standard InChI is InChI=1S/CH4O4P/c1-4-5-6(2)3/h1H3,(H,2,3). The van der Waals surface area contributed by atoms with E-state index in [0.29, 0.717) is 0 Å². The molecule has 37 valence electrons. The van der Waals surface area contributed by atoms with Gasteiger partial charge in [0.05, 0.1) is 7.11 Å². The summed E-state index contributed by atoms with van der Waals surface area (Å²) in [5.74, 6) is 0. The molecule has 4 nitrogen and oxygen atoms in total. The zero-order chi connectivity index (χ0) is 4.99.